The molecule has 0 aliphatic rings. The monoisotopic (exact) mass is 439 g/mol. The molecule has 0 spiro atoms. The molecule has 0 heterocycles. The van der Waals surface area contributed by atoms with E-state index in [9.17, 15) is 9.59 Å². The van der Waals surface area contributed by atoms with Crippen LogP contribution in [0.5, 0.6) is 0 Å². The van der Waals surface area contributed by atoms with Gasteiger partial charge in [-0.25, -0.2) is 9.59 Å². The molecule has 0 saturated carbocycles. The average molecular weight is 440 g/mol. The summed E-state index contributed by atoms with van der Waals surface area (Å²) in [4.78, 5) is 25.2. The molecule has 0 aliphatic carbocycles. The first-order valence-electron chi connectivity index (χ1n) is 12.7. The second-order valence-corrected chi connectivity index (χ2v) is 8.60. The predicted molar refractivity (Wildman–Crippen MR) is 129 cm³/mol. The van der Waals surface area contributed by atoms with Crippen molar-refractivity contribution in [2.45, 2.75) is 123 Å². The molecule has 0 rings (SSSR count). The maximum atomic E-state index is 12.1. The summed E-state index contributed by atoms with van der Waals surface area (Å²) in [5, 5.41) is 0. The van der Waals surface area contributed by atoms with E-state index in [-0.39, 0.29) is 12.6 Å². The molecule has 1 amide bonds. The van der Waals surface area contributed by atoms with Crippen molar-refractivity contribution in [1.82, 2.24) is 4.90 Å². The number of likely N-dealkylation sites (N-methyl/N-ethyl adjacent to an activating group) is 1. The van der Waals surface area contributed by atoms with Gasteiger partial charge >= 0.3 is 12.1 Å². The molecule has 0 saturated heterocycles. The van der Waals surface area contributed by atoms with Gasteiger partial charge in [0.25, 0.3) is 0 Å². The van der Waals surface area contributed by atoms with E-state index < -0.39 is 12.1 Å². The van der Waals surface area contributed by atoms with E-state index in [1.807, 2.05) is 0 Å². The Bertz CT molecular complexity index is 453. The summed E-state index contributed by atoms with van der Waals surface area (Å²) in [5.41, 5.74) is 0. The summed E-state index contributed by atoms with van der Waals surface area (Å²) in [6.07, 6.45) is 21.4. The van der Waals surface area contributed by atoms with Crippen molar-refractivity contribution < 1.29 is 19.1 Å². The van der Waals surface area contributed by atoms with Crippen molar-refractivity contribution in [2.24, 2.45) is 0 Å². The minimum atomic E-state index is -0.646. The van der Waals surface area contributed by atoms with Crippen molar-refractivity contribution >= 4 is 12.1 Å². The summed E-state index contributed by atoms with van der Waals surface area (Å²) < 4.78 is 10.4. The Labute approximate surface area is 191 Å². The third-order valence-corrected chi connectivity index (χ3v) is 5.75. The number of unbranched alkanes of at least 4 members (excludes halogenated alkanes) is 14. The van der Waals surface area contributed by atoms with Crippen LogP contribution in [-0.4, -0.2) is 43.3 Å². The van der Waals surface area contributed by atoms with Crippen molar-refractivity contribution in [1.29, 1.82) is 0 Å². The van der Waals surface area contributed by atoms with Gasteiger partial charge in [0.15, 0.2) is 0 Å². The van der Waals surface area contributed by atoms with Crippen LogP contribution in [0.1, 0.15) is 117 Å². The highest BCUT2D eigenvalue weighted by Gasteiger charge is 2.24. The Morgan fingerprint density at radius 2 is 1.23 bits per heavy atom. The lowest BCUT2D eigenvalue weighted by Crippen LogP contribution is -2.41. The molecule has 0 N–H and O–H groups in total. The predicted octanol–water partition coefficient (Wildman–Crippen LogP) is 7.43. The molecular formula is C26H49NO4. The molecule has 0 fully saturated rings. The van der Waals surface area contributed by atoms with Crippen LogP contribution < -0.4 is 0 Å². The van der Waals surface area contributed by atoms with Crippen LogP contribution >= 0.6 is 0 Å². The number of hydrogen-bond acceptors (Lipinski definition) is 4. The molecule has 0 aromatic rings. The van der Waals surface area contributed by atoms with Gasteiger partial charge in [-0.15, -0.1) is 6.58 Å². The third-order valence-electron chi connectivity index (χ3n) is 5.75. The highest BCUT2D eigenvalue weighted by molar-refractivity contribution is 5.80. The van der Waals surface area contributed by atoms with Gasteiger partial charge in [0.1, 0.15) is 6.04 Å². The third kappa shape index (κ3) is 17.8. The molecule has 0 radical (unpaired) electrons. The fourth-order valence-corrected chi connectivity index (χ4v) is 3.41. The lowest BCUT2D eigenvalue weighted by atomic mass is 10.0. The number of ether oxygens (including phenoxy) is 2. The number of carbonyl (C=O) groups excluding carboxylic acids is 2. The molecule has 5 heteroatoms. The van der Waals surface area contributed by atoms with Crippen molar-refractivity contribution in [3.8, 4) is 0 Å². The van der Waals surface area contributed by atoms with Gasteiger partial charge in [0.05, 0.1) is 13.2 Å². The molecule has 0 aromatic carbocycles. The molecule has 5 nitrogen and oxygen atoms in total. The standard InChI is InChI=1S/C26H49NO4/c1-5-7-9-10-11-12-13-14-15-16-17-18-19-20-21-23-30-25(28)24(3)27(4)26(29)31-22-8-6-2/h6,24H,2,5,7-23H2,1,3-4H3. The normalized spacial score (nSPS) is 11.7. The first-order chi connectivity index (χ1) is 15.0. The highest BCUT2D eigenvalue weighted by atomic mass is 16.6. The van der Waals surface area contributed by atoms with Crippen molar-refractivity contribution in [2.75, 3.05) is 20.3 Å². The summed E-state index contributed by atoms with van der Waals surface area (Å²) >= 11 is 0. The number of amides is 1. The Kier molecular flexibility index (Phi) is 20.6. The first kappa shape index (κ1) is 29.5. The Morgan fingerprint density at radius 3 is 1.68 bits per heavy atom. The maximum absolute atomic E-state index is 12.1. The molecule has 182 valence electrons. The summed E-state index contributed by atoms with van der Waals surface area (Å²) in [6, 6.07) is -0.646. The molecule has 1 unspecified atom stereocenters. The second-order valence-electron chi connectivity index (χ2n) is 8.60. The van der Waals surface area contributed by atoms with E-state index in [1.165, 1.54) is 88.4 Å². The van der Waals surface area contributed by atoms with Gasteiger partial charge in [-0.3, -0.25) is 4.90 Å². The number of rotatable bonds is 21. The van der Waals surface area contributed by atoms with Crippen LogP contribution in [0.4, 0.5) is 4.79 Å². The number of nitrogens with zero attached hydrogens (tertiary/aromatic N) is 1. The first-order valence-corrected chi connectivity index (χ1v) is 12.7. The maximum Gasteiger partial charge on any atom is 0.410 e. The van der Waals surface area contributed by atoms with Crippen LogP contribution in [0, 0.1) is 0 Å². The lowest BCUT2D eigenvalue weighted by Gasteiger charge is -2.22. The van der Waals surface area contributed by atoms with Gasteiger partial charge < -0.3 is 9.47 Å². The van der Waals surface area contributed by atoms with Gasteiger partial charge in [0.2, 0.25) is 0 Å². The number of esters is 1. The molecule has 0 bridgehead atoms. The SMILES string of the molecule is C=CCCOC(=O)N(C)C(C)C(=O)OCCCCCCCCCCCCCCCCC. The fraction of sp³-hybridized carbons (Fsp3) is 0.846. The zero-order chi connectivity index (χ0) is 23.2. The molecule has 31 heavy (non-hydrogen) atoms. The molecule has 0 aliphatic heterocycles. The summed E-state index contributed by atoms with van der Waals surface area (Å²) in [5.74, 6) is -0.381. The van der Waals surface area contributed by atoms with Crippen LogP contribution in [0.15, 0.2) is 12.7 Å². The number of carbonyl (C=O) groups is 2. The highest BCUT2D eigenvalue weighted by Crippen LogP contribution is 2.13. The average Bonchev–Trinajstić information content (AvgIpc) is 2.77. The van der Waals surface area contributed by atoms with E-state index in [4.69, 9.17) is 9.47 Å². The molecule has 1 atom stereocenters. The van der Waals surface area contributed by atoms with E-state index in [1.54, 1.807) is 20.0 Å². The second kappa shape index (κ2) is 21.7. The van der Waals surface area contributed by atoms with Crippen LogP contribution in [-0.2, 0) is 14.3 Å². The largest absolute Gasteiger partial charge is 0.464 e. The smallest absolute Gasteiger partial charge is 0.410 e. The quantitative estimate of drug-likeness (QED) is 0.106. The minimum Gasteiger partial charge on any atom is -0.464 e. The van der Waals surface area contributed by atoms with E-state index in [0.29, 0.717) is 13.0 Å². The van der Waals surface area contributed by atoms with Gasteiger partial charge in [-0.05, 0) is 19.8 Å². The Balaban J connectivity index is 3.48. The molecular weight excluding hydrogens is 390 g/mol. The van der Waals surface area contributed by atoms with Gasteiger partial charge in [0, 0.05) is 7.05 Å². The van der Waals surface area contributed by atoms with Crippen molar-refractivity contribution in [3.05, 3.63) is 12.7 Å². The Hall–Kier alpha value is -1.52. The van der Waals surface area contributed by atoms with Crippen LogP contribution in [0.3, 0.4) is 0 Å². The summed E-state index contributed by atoms with van der Waals surface area (Å²) in [7, 11) is 1.55. The van der Waals surface area contributed by atoms with E-state index in [0.717, 1.165) is 12.8 Å². The number of hydrogen-bond donors (Lipinski definition) is 0. The van der Waals surface area contributed by atoms with Crippen molar-refractivity contribution in [3.63, 3.8) is 0 Å². The van der Waals surface area contributed by atoms with E-state index >= 15 is 0 Å². The zero-order valence-corrected chi connectivity index (χ0v) is 20.7. The van der Waals surface area contributed by atoms with Crippen LogP contribution in [0.2, 0.25) is 0 Å². The lowest BCUT2D eigenvalue weighted by molar-refractivity contribution is -0.148. The Morgan fingerprint density at radius 1 is 0.774 bits per heavy atom. The minimum absolute atomic E-state index is 0.271. The van der Waals surface area contributed by atoms with Crippen LogP contribution in [0.25, 0.3) is 0 Å². The molecule has 0 aromatic heterocycles. The van der Waals surface area contributed by atoms with E-state index in [2.05, 4.69) is 13.5 Å². The summed E-state index contributed by atoms with van der Waals surface area (Å²) in [6.45, 7) is 8.19. The topological polar surface area (TPSA) is 55.8 Å². The fourth-order valence-electron chi connectivity index (χ4n) is 3.41. The van der Waals surface area contributed by atoms with Gasteiger partial charge in [-0.1, -0.05) is 103 Å². The van der Waals surface area contributed by atoms with Gasteiger partial charge in [-0.2, -0.15) is 0 Å². The zero-order valence-electron chi connectivity index (χ0n) is 20.7.